The second kappa shape index (κ2) is 8.80. The van der Waals surface area contributed by atoms with Crippen LogP contribution in [0.2, 0.25) is 0 Å². The van der Waals surface area contributed by atoms with E-state index < -0.39 is 5.54 Å². The fraction of sp³-hybridized carbons (Fsp3) is 0.263. The van der Waals surface area contributed by atoms with E-state index in [0.717, 1.165) is 0 Å². The molecule has 26 heavy (non-hydrogen) atoms. The van der Waals surface area contributed by atoms with Crippen molar-refractivity contribution in [2.75, 3.05) is 23.8 Å². The molecule has 4 N–H and O–H groups in total. The first kappa shape index (κ1) is 19.9. The van der Waals surface area contributed by atoms with E-state index in [1.165, 1.54) is 0 Å². The lowest BCUT2D eigenvalue weighted by atomic mass is 9.90. The summed E-state index contributed by atoms with van der Waals surface area (Å²) in [6, 6.07) is 16.0. The molecule has 0 spiro atoms. The Morgan fingerprint density at radius 3 is 2.19 bits per heavy atom. The van der Waals surface area contributed by atoms with Crippen LogP contribution < -0.4 is 16.4 Å². The molecule has 2 aromatic carbocycles. The number of hydrogen-bond donors (Lipinski definition) is 3. The van der Waals surface area contributed by atoms with Crippen molar-refractivity contribution in [1.82, 2.24) is 0 Å². The molecule has 0 radical (unpaired) electrons. The van der Waals surface area contributed by atoms with E-state index in [-0.39, 0.29) is 24.2 Å². The topological polar surface area (TPSA) is 93.5 Å². The van der Waals surface area contributed by atoms with E-state index in [9.17, 15) is 9.59 Å². The molecular weight excluding hydrogens is 354 g/mol. The van der Waals surface area contributed by atoms with Gasteiger partial charge in [-0.05, 0) is 43.2 Å². The summed E-state index contributed by atoms with van der Waals surface area (Å²) < 4.78 is 5.26. The summed E-state index contributed by atoms with van der Waals surface area (Å²) in [6.07, 6.45) is 0.979. The van der Waals surface area contributed by atoms with Crippen molar-refractivity contribution >= 4 is 35.6 Å². The summed E-state index contributed by atoms with van der Waals surface area (Å²) in [6.45, 7) is 0.966. The summed E-state index contributed by atoms with van der Waals surface area (Å²) in [5.41, 5.74) is 7.03. The van der Waals surface area contributed by atoms with Gasteiger partial charge in [0.05, 0.1) is 0 Å². The van der Waals surface area contributed by atoms with Gasteiger partial charge in [0.2, 0.25) is 5.91 Å². The highest BCUT2D eigenvalue weighted by Crippen LogP contribution is 2.22. The second-order valence-corrected chi connectivity index (χ2v) is 6.12. The molecule has 7 heteroatoms. The van der Waals surface area contributed by atoms with Gasteiger partial charge in [0.25, 0.3) is 5.91 Å². The largest absolute Gasteiger partial charge is 0.381 e. The zero-order valence-electron chi connectivity index (χ0n) is 14.2. The van der Waals surface area contributed by atoms with Gasteiger partial charge >= 0.3 is 0 Å². The van der Waals surface area contributed by atoms with Crippen molar-refractivity contribution in [3.05, 3.63) is 60.2 Å². The molecule has 1 fully saturated rings. The van der Waals surface area contributed by atoms with Gasteiger partial charge in [-0.3, -0.25) is 9.59 Å². The van der Waals surface area contributed by atoms with E-state index in [4.69, 9.17) is 10.5 Å². The zero-order valence-corrected chi connectivity index (χ0v) is 15.1. The van der Waals surface area contributed by atoms with Gasteiger partial charge in [0, 0.05) is 30.2 Å². The molecule has 6 nitrogen and oxygen atoms in total. The normalized spacial score (nSPS) is 15.4. The van der Waals surface area contributed by atoms with Crippen molar-refractivity contribution in [1.29, 1.82) is 0 Å². The maximum atomic E-state index is 12.5. The van der Waals surface area contributed by atoms with E-state index in [0.29, 0.717) is 43.0 Å². The summed E-state index contributed by atoms with van der Waals surface area (Å²) in [5, 5.41) is 5.65. The fourth-order valence-electron chi connectivity index (χ4n) is 2.69. The number of amides is 2. The minimum atomic E-state index is -0.915. The predicted octanol–water partition coefficient (Wildman–Crippen LogP) is 2.81. The van der Waals surface area contributed by atoms with Crippen LogP contribution in [-0.2, 0) is 9.53 Å². The van der Waals surface area contributed by atoms with Crippen molar-refractivity contribution in [3.8, 4) is 0 Å². The van der Waals surface area contributed by atoms with Crippen molar-refractivity contribution < 1.29 is 14.3 Å². The van der Waals surface area contributed by atoms with Crippen LogP contribution in [0, 0.1) is 0 Å². The Labute approximate surface area is 158 Å². The molecule has 2 aromatic rings. The number of halogens is 1. The molecule has 0 atom stereocenters. The Kier molecular flexibility index (Phi) is 6.74. The maximum absolute atomic E-state index is 12.5. The summed E-state index contributed by atoms with van der Waals surface area (Å²) in [4.78, 5) is 24.7. The van der Waals surface area contributed by atoms with Crippen molar-refractivity contribution in [3.63, 3.8) is 0 Å². The van der Waals surface area contributed by atoms with E-state index in [1.807, 2.05) is 6.07 Å². The number of anilines is 2. The maximum Gasteiger partial charge on any atom is 0.255 e. The van der Waals surface area contributed by atoms with Gasteiger partial charge in [0.1, 0.15) is 5.54 Å². The highest BCUT2D eigenvalue weighted by Gasteiger charge is 2.35. The molecule has 0 unspecified atom stereocenters. The molecular formula is C19H22ClN3O3. The average molecular weight is 376 g/mol. The Morgan fingerprint density at radius 2 is 1.54 bits per heavy atom. The summed E-state index contributed by atoms with van der Waals surface area (Å²) >= 11 is 0. The Balaban J connectivity index is 0.00000243. The van der Waals surface area contributed by atoms with Crippen LogP contribution >= 0.6 is 12.4 Å². The molecule has 0 bridgehead atoms. The number of carbonyl (C=O) groups excluding carboxylic acids is 2. The molecule has 0 aromatic heterocycles. The van der Waals surface area contributed by atoms with Crippen LogP contribution in [0.15, 0.2) is 54.6 Å². The van der Waals surface area contributed by atoms with Crippen LogP contribution in [-0.4, -0.2) is 30.6 Å². The number of nitrogens with one attached hydrogen (secondary N) is 2. The molecule has 0 saturated carbocycles. The summed E-state index contributed by atoms with van der Waals surface area (Å²) in [7, 11) is 0. The highest BCUT2D eigenvalue weighted by molar-refractivity contribution is 6.05. The average Bonchev–Trinajstić information content (AvgIpc) is 2.63. The van der Waals surface area contributed by atoms with Gasteiger partial charge in [-0.2, -0.15) is 0 Å². The number of rotatable bonds is 4. The molecule has 1 aliphatic rings. The number of ether oxygens (including phenoxy) is 1. The molecule has 2 amide bonds. The third-order valence-electron chi connectivity index (χ3n) is 4.25. The Morgan fingerprint density at radius 1 is 0.923 bits per heavy atom. The molecule has 1 saturated heterocycles. The summed E-state index contributed by atoms with van der Waals surface area (Å²) in [5.74, 6) is -0.439. The van der Waals surface area contributed by atoms with Gasteiger partial charge in [-0.1, -0.05) is 24.3 Å². The molecule has 3 rings (SSSR count). The van der Waals surface area contributed by atoms with Crippen LogP contribution in [0.3, 0.4) is 0 Å². The van der Waals surface area contributed by atoms with Crippen LogP contribution in [0.5, 0.6) is 0 Å². The SMILES string of the molecule is Cl.NC1(C(=O)Nc2cccc(NC(=O)c3ccccc3)c2)CCOCC1. The molecule has 138 valence electrons. The first-order chi connectivity index (χ1) is 12.1. The standard InChI is InChI=1S/C19H21N3O3.ClH/c20-19(9-11-25-12-10-19)18(24)22-16-8-4-7-15(13-16)21-17(23)14-5-2-1-3-6-14;/h1-8,13H,9-12,20H2,(H,21,23)(H,22,24);1H. The monoisotopic (exact) mass is 375 g/mol. The first-order valence-corrected chi connectivity index (χ1v) is 8.21. The minimum absolute atomic E-state index is 0. The van der Waals surface area contributed by atoms with E-state index in [1.54, 1.807) is 48.5 Å². The van der Waals surface area contributed by atoms with E-state index in [2.05, 4.69) is 10.6 Å². The number of nitrogens with two attached hydrogens (primary N) is 1. The second-order valence-electron chi connectivity index (χ2n) is 6.12. The number of carbonyl (C=O) groups is 2. The molecule has 0 aliphatic carbocycles. The van der Waals surface area contributed by atoms with Gasteiger partial charge < -0.3 is 21.1 Å². The predicted molar refractivity (Wildman–Crippen MR) is 104 cm³/mol. The smallest absolute Gasteiger partial charge is 0.255 e. The van der Waals surface area contributed by atoms with Crippen LogP contribution in [0.4, 0.5) is 11.4 Å². The van der Waals surface area contributed by atoms with Crippen LogP contribution in [0.25, 0.3) is 0 Å². The quantitative estimate of drug-likeness (QED) is 0.766. The molecule has 1 aliphatic heterocycles. The third kappa shape index (κ3) is 4.82. The van der Waals surface area contributed by atoms with Crippen molar-refractivity contribution in [2.24, 2.45) is 5.73 Å². The lowest BCUT2D eigenvalue weighted by molar-refractivity contribution is -0.124. The lowest BCUT2D eigenvalue weighted by Crippen LogP contribution is -2.54. The number of benzene rings is 2. The third-order valence-corrected chi connectivity index (χ3v) is 4.25. The number of hydrogen-bond acceptors (Lipinski definition) is 4. The lowest BCUT2D eigenvalue weighted by Gasteiger charge is -2.31. The highest BCUT2D eigenvalue weighted by atomic mass is 35.5. The van der Waals surface area contributed by atoms with Gasteiger partial charge in [-0.15, -0.1) is 12.4 Å². The van der Waals surface area contributed by atoms with E-state index >= 15 is 0 Å². The Hall–Kier alpha value is -2.41. The molecule has 1 heterocycles. The fourth-order valence-corrected chi connectivity index (χ4v) is 2.69. The first-order valence-electron chi connectivity index (χ1n) is 8.21. The van der Waals surface area contributed by atoms with Gasteiger partial charge in [-0.25, -0.2) is 0 Å². The Bertz CT molecular complexity index is 762. The minimum Gasteiger partial charge on any atom is -0.381 e. The van der Waals surface area contributed by atoms with Gasteiger partial charge in [0.15, 0.2) is 0 Å². The zero-order chi connectivity index (χ0) is 17.7. The van der Waals surface area contributed by atoms with Crippen LogP contribution in [0.1, 0.15) is 23.2 Å². The van der Waals surface area contributed by atoms with Crippen molar-refractivity contribution in [2.45, 2.75) is 18.4 Å².